The summed E-state index contributed by atoms with van der Waals surface area (Å²) in [6, 6.07) is 7.61. The molecule has 5 nitrogen and oxygen atoms in total. The molecular weight excluding hydrogens is 340 g/mol. The van der Waals surface area contributed by atoms with E-state index in [0.717, 1.165) is 23.4 Å². The van der Waals surface area contributed by atoms with Gasteiger partial charge >= 0.3 is 0 Å². The van der Waals surface area contributed by atoms with E-state index in [0.29, 0.717) is 20.9 Å². The molecule has 0 amide bonds. The molecule has 23 heavy (non-hydrogen) atoms. The van der Waals surface area contributed by atoms with Crippen LogP contribution in [0.1, 0.15) is 25.1 Å². The molecule has 1 N–H and O–H groups in total. The Labute approximate surface area is 138 Å². The molecule has 2 heterocycles. The van der Waals surface area contributed by atoms with Gasteiger partial charge in [0.2, 0.25) is 5.13 Å². The van der Waals surface area contributed by atoms with Crippen molar-refractivity contribution in [1.82, 2.24) is 20.2 Å². The zero-order valence-electron chi connectivity index (χ0n) is 11.7. The topological polar surface area (TPSA) is 63.6 Å². The van der Waals surface area contributed by atoms with Crippen LogP contribution in [-0.2, 0) is 0 Å². The average molecular weight is 351 g/mol. The lowest BCUT2D eigenvalue weighted by molar-refractivity contribution is 0.140. The minimum atomic E-state index is -2.71. The van der Waals surface area contributed by atoms with Gasteiger partial charge < -0.3 is 5.32 Å². The van der Waals surface area contributed by atoms with E-state index in [1.54, 1.807) is 12.1 Å². The zero-order chi connectivity index (χ0) is 15.8. The van der Waals surface area contributed by atoms with Gasteiger partial charge in [0.05, 0.1) is 5.52 Å². The fraction of sp³-hybridized carbons (Fsp3) is 0.286. The van der Waals surface area contributed by atoms with Crippen molar-refractivity contribution < 1.29 is 8.78 Å². The molecule has 9 heteroatoms. The van der Waals surface area contributed by atoms with E-state index in [1.807, 2.05) is 12.1 Å². The molecule has 2 aromatic heterocycles. The number of anilines is 1. The first-order valence-corrected chi connectivity index (χ1v) is 8.65. The number of aromatic nitrogens is 4. The summed E-state index contributed by atoms with van der Waals surface area (Å²) in [5.41, 5.74) is 0.501. The van der Waals surface area contributed by atoms with Crippen LogP contribution in [0.2, 0.25) is 0 Å². The number of hydrogen-bond acceptors (Lipinski definition) is 7. The largest absolute Gasteiger partial charge is 0.357 e. The number of alkyl halides is 2. The highest BCUT2D eigenvalue weighted by molar-refractivity contribution is 8.01. The lowest BCUT2D eigenvalue weighted by atomic mass is 10.2. The fourth-order valence-electron chi connectivity index (χ4n) is 2.03. The highest BCUT2D eigenvalue weighted by atomic mass is 32.2. The lowest BCUT2D eigenvalue weighted by Crippen LogP contribution is -1.99. The molecule has 1 aliphatic rings. The standard InChI is InChI=1S/C14H11F2N5S2/c15-10(16)11-18-9-4-2-1-3-8(9)12(19-11)22-14-21-20-13(23-14)17-7-5-6-7/h1-4,7,10H,5-6H2,(H,17,20). The summed E-state index contributed by atoms with van der Waals surface area (Å²) in [6.45, 7) is 0. The van der Waals surface area contributed by atoms with Gasteiger partial charge in [-0.2, -0.15) is 0 Å². The Bertz CT molecular complexity index is 850. The maximum Gasteiger partial charge on any atom is 0.297 e. The van der Waals surface area contributed by atoms with E-state index in [2.05, 4.69) is 25.5 Å². The number of hydrogen-bond donors (Lipinski definition) is 1. The van der Waals surface area contributed by atoms with Gasteiger partial charge in [0, 0.05) is 11.4 Å². The van der Waals surface area contributed by atoms with Crippen molar-refractivity contribution in [2.45, 2.75) is 34.7 Å². The molecule has 0 spiro atoms. The Balaban J connectivity index is 1.67. The van der Waals surface area contributed by atoms with Gasteiger partial charge in [0.15, 0.2) is 10.2 Å². The zero-order valence-corrected chi connectivity index (χ0v) is 13.4. The summed E-state index contributed by atoms with van der Waals surface area (Å²) in [4.78, 5) is 7.91. The highest BCUT2D eigenvalue weighted by Crippen LogP contribution is 2.36. The Morgan fingerprint density at radius 2 is 2.00 bits per heavy atom. The second-order valence-corrected chi connectivity index (χ2v) is 7.31. The number of fused-ring (bicyclic) bond motifs is 1. The minimum Gasteiger partial charge on any atom is -0.357 e. The molecule has 0 atom stereocenters. The van der Waals surface area contributed by atoms with Crippen LogP contribution in [0, 0.1) is 0 Å². The molecule has 0 aliphatic heterocycles. The quantitative estimate of drug-likeness (QED) is 0.697. The molecule has 1 aliphatic carbocycles. The summed E-state index contributed by atoms with van der Waals surface area (Å²) in [5, 5.41) is 13.4. The summed E-state index contributed by atoms with van der Waals surface area (Å²) in [7, 11) is 0. The second kappa shape index (κ2) is 5.97. The smallest absolute Gasteiger partial charge is 0.297 e. The van der Waals surface area contributed by atoms with Crippen molar-refractivity contribution in [3.05, 3.63) is 30.1 Å². The van der Waals surface area contributed by atoms with E-state index < -0.39 is 12.2 Å². The first kappa shape index (κ1) is 14.7. The van der Waals surface area contributed by atoms with Gasteiger partial charge in [-0.15, -0.1) is 10.2 Å². The Kier molecular flexibility index (Phi) is 3.82. The van der Waals surface area contributed by atoms with E-state index in [1.165, 1.54) is 23.1 Å². The van der Waals surface area contributed by atoms with Crippen LogP contribution in [0.5, 0.6) is 0 Å². The third kappa shape index (κ3) is 3.25. The molecule has 1 aromatic carbocycles. The van der Waals surface area contributed by atoms with Crippen molar-refractivity contribution >= 4 is 39.1 Å². The maximum atomic E-state index is 13.0. The van der Waals surface area contributed by atoms with E-state index in [9.17, 15) is 8.78 Å². The van der Waals surface area contributed by atoms with Crippen molar-refractivity contribution in [2.24, 2.45) is 0 Å². The van der Waals surface area contributed by atoms with Crippen LogP contribution in [0.25, 0.3) is 10.9 Å². The van der Waals surface area contributed by atoms with Gasteiger partial charge in [0.1, 0.15) is 5.03 Å². The summed E-state index contributed by atoms with van der Waals surface area (Å²) >= 11 is 2.64. The number of rotatable bonds is 5. The first-order valence-electron chi connectivity index (χ1n) is 7.02. The third-order valence-electron chi connectivity index (χ3n) is 3.28. The molecule has 3 aromatic rings. The van der Waals surface area contributed by atoms with Crippen LogP contribution in [-0.4, -0.2) is 26.2 Å². The highest BCUT2D eigenvalue weighted by Gasteiger charge is 2.23. The van der Waals surface area contributed by atoms with Crippen LogP contribution < -0.4 is 5.32 Å². The number of nitrogens with one attached hydrogen (secondary N) is 1. The van der Waals surface area contributed by atoms with Crippen molar-refractivity contribution in [3.8, 4) is 0 Å². The van der Waals surface area contributed by atoms with Gasteiger partial charge in [-0.25, -0.2) is 18.7 Å². The summed E-state index contributed by atoms with van der Waals surface area (Å²) in [6.07, 6.45) is -0.410. The number of halogens is 2. The predicted molar refractivity (Wildman–Crippen MR) is 85.2 cm³/mol. The Morgan fingerprint density at radius 1 is 1.17 bits per heavy atom. The number of para-hydroxylation sites is 1. The molecule has 0 saturated heterocycles. The van der Waals surface area contributed by atoms with Crippen molar-refractivity contribution in [3.63, 3.8) is 0 Å². The molecule has 118 valence electrons. The SMILES string of the molecule is FC(F)c1nc(Sc2nnc(NC3CC3)s2)c2ccccc2n1. The van der Waals surface area contributed by atoms with Crippen LogP contribution >= 0.6 is 23.1 Å². The van der Waals surface area contributed by atoms with Crippen LogP contribution in [0.15, 0.2) is 33.6 Å². The maximum absolute atomic E-state index is 13.0. The predicted octanol–water partition coefficient (Wildman–Crippen LogP) is 4.14. The summed E-state index contributed by atoms with van der Waals surface area (Å²) in [5.74, 6) is -0.466. The average Bonchev–Trinajstić information content (AvgIpc) is 3.25. The van der Waals surface area contributed by atoms with Crippen molar-refractivity contribution in [1.29, 1.82) is 0 Å². The molecular formula is C14H11F2N5S2. The Morgan fingerprint density at radius 3 is 2.78 bits per heavy atom. The molecule has 0 unspecified atom stereocenters. The molecule has 4 rings (SSSR count). The monoisotopic (exact) mass is 351 g/mol. The van der Waals surface area contributed by atoms with Gasteiger partial charge in [-0.05, 0) is 30.7 Å². The lowest BCUT2D eigenvalue weighted by Gasteiger charge is -2.06. The van der Waals surface area contributed by atoms with Gasteiger partial charge in [-0.3, -0.25) is 0 Å². The van der Waals surface area contributed by atoms with Crippen LogP contribution in [0.4, 0.5) is 13.9 Å². The first-order chi connectivity index (χ1) is 11.2. The molecule has 1 fully saturated rings. The van der Waals surface area contributed by atoms with Gasteiger partial charge in [-0.1, -0.05) is 29.5 Å². The number of benzene rings is 1. The Hall–Kier alpha value is -1.87. The summed E-state index contributed by atoms with van der Waals surface area (Å²) < 4.78 is 26.7. The normalized spacial score (nSPS) is 14.6. The van der Waals surface area contributed by atoms with Crippen molar-refractivity contribution in [2.75, 3.05) is 5.32 Å². The molecule has 0 bridgehead atoms. The van der Waals surface area contributed by atoms with E-state index in [-0.39, 0.29) is 0 Å². The fourth-order valence-corrected chi connectivity index (χ4v) is 3.90. The van der Waals surface area contributed by atoms with E-state index >= 15 is 0 Å². The third-order valence-corrected chi connectivity index (χ3v) is 5.19. The second-order valence-electron chi connectivity index (χ2n) is 5.10. The van der Waals surface area contributed by atoms with Crippen LogP contribution in [0.3, 0.4) is 0 Å². The molecule has 1 saturated carbocycles. The molecule has 0 radical (unpaired) electrons. The van der Waals surface area contributed by atoms with E-state index in [4.69, 9.17) is 0 Å². The number of nitrogens with zero attached hydrogens (tertiary/aromatic N) is 4. The van der Waals surface area contributed by atoms with Gasteiger partial charge in [0.25, 0.3) is 6.43 Å². The minimum absolute atomic E-state index is 0.466.